The number of carbonyl (C=O) groups is 1. The molecule has 2 amide bonds. The maximum Gasteiger partial charge on any atom is 0.339 e. The second kappa shape index (κ2) is 8.29. The zero-order valence-corrected chi connectivity index (χ0v) is 16.3. The largest absolute Gasteiger partial charge is 0.339 e. The normalized spacial score (nSPS) is 11.0. The Morgan fingerprint density at radius 2 is 1.81 bits per heavy atom. The van der Waals surface area contributed by atoms with Crippen LogP contribution in [0.4, 0.5) is 10.5 Å². The van der Waals surface area contributed by atoms with Gasteiger partial charge in [0.15, 0.2) is 0 Å². The molecule has 2 aromatic carbocycles. The number of hydrogen-bond acceptors (Lipinski definition) is 2. The molecule has 138 valence electrons. The Kier molecular flexibility index (Phi) is 5.84. The Hall–Kier alpha value is -2.76. The van der Waals surface area contributed by atoms with Gasteiger partial charge in [0.1, 0.15) is 0 Å². The zero-order chi connectivity index (χ0) is 19.4. The SMILES string of the molecule is Cc1cc(/C=N\NC(=O)Nc2ccccc2)c(C)n1-c1ccc(Cl)cc1Cl. The van der Waals surface area contributed by atoms with Crippen molar-refractivity contribution in [2.24, 2.45) is 5.10 Å². The summed E-state index contributed by atoms with van der Waals surface area (Å²) in [4.78, 5) is 11.9. The summed E-state index contributed by atoms with van der Waals surface area (Å²) in [7, 11) is 0. The molecule has 0 unspecified atom stereocenters. The molecule has 0 atom stereocenters. The molecule has 0 bridgehead atoms. The number of rotatable bonds is 4. The van der Waals surface area contributed by atoms with Crippen LogP contribution in [0.2, 0.25) is 10.0 Å². The number of urea groups is 1. The number of para-hydroxylation sites is 1. The molecule has 1 heterocycles. The fourth-order valence-corrected chi connectivity index (χ4v) is 3.29. The van der Waals surface area contributed by atoms with Crippen molar-refractivity contribution in [3.63, 3.8) is 0 Å². The highest BCUT2D eigenvalue weighted by atomic mass is 35.5. The third-order valence-electron chi connectivity index (χ3n) is 4.02. The van der Waals surface area contributed by atoms with E-state index in [1.807, 2.05) is 48.7 Å². The van der Waals surface area contributed by atoms with Gasteiger partial charge in [-0.3, -0.25) is 0 Å². The van der Waals surface area contributed by atoms with E-state index in [1.54, 1.807) is 30.5 Å². The van der Waals surface area contributed by atoms with Crippen LogP contribution in [0.5, 0.6) is 0 Å². The average molecular weight is 401 g/mol. The van der Waals surface area contributed by atoms with Gasteiger partial charge in [-0.1, -0.05) is 41.4 Å². The minimum atomic E-state index is -0.410. The number of hydrazone groups is 1. The van der Waals surface area contributed by atoms with Crippen molar-refractivity contribution < 1.29 is 4.79 Å². The third-order valence-corrected chi connectivity index (χ3v) is 4.56. The zero-order valence-electron chi connectivity index (χ0n) is 14.8. The summed E-state index contributed by atoms with van der Waals surface area (Å²) in [6, 6.07) is 16.1. The summed E-state index contributed by atoms with van der Waals surface area (Å²) in [5.74, 6) is 0. The molecule has 2 N–H and O–H groups in total. The van der Waals surface area contributed by atoms with Crippen molar-refractivity contribution in [1.29, 1.82) is 0 Å². The second-order valence-corrected chi connectivity index (χ2v) is 6.79. The van der Waals surface area contributed by atoms with Gasteiger partial charge in [0.2, 0.25) is 0 Å². The number of aryl methyl sites for hydroxylation is 1. The van der Waals surface area contributed by atoms with Crippen molar-refractivity contribution in [1.82, 2.24) is 9.99 Å². The molecule has 1 aromatic heterocycles. The van der Waals surface area contributed by atoms with Gasteiger partial charge in [0.05, 0.1) is 16.9 Å². The van der Waals surface area contributed by atoms with Gasteiger partial charge < -0.3 is 9.88 Å². The molecule has 27 heavy (non-hydrogen) atoms. The molecular weight excluding hydrogens is 383 g/mol. The first-order valence-corrected chi connectivity index (χ1v) is 9.01. The molecule has 0 saturated heterocycles. The van der Waals surface area contributed by atoms with Gasteiger partial charge in [-0.25, -0.2) is 10.2 Å². The predicted molar refractivity (Wildman–Crippen MR) is 111 cm³/mol. The molecule has 3 aromatic rings. The van der Waals surface area contributed by atoms with Crippen LogP contribution in [0.3, 0.4) is 0 Å². The number of aromatic nitrogens is 1. The number of amides is 2. The second-order valence-electron chi connectivity index (χ2n) is 5.95. The number of nitrogens with zero attached hydrogens (tertiary/aromatic N) is 2. The summed E-state index contributed by atoms with van der Waals surface area (Å²) < 4.78 is 2.02. The molecule has 0 spiro atoms. The van der Waals surface area contributed by atoms with Crippen LogP contribution in [0.25, 0.3) is 5.69 Å². The van der Waals surface area contributed by atoms with Gasteiger partial charge >= 0.3 is 6.03 Å². The summed E-state index contributed by atoms with van der Waals surface area (Å²) in [5.41, 5.74) is 6.81. The first-order valence-electron chi connectivity index (χ1n) is 8.25. The van der Waals surface area contributed by atoms with Gasteiger partial charge in [0, 0.05) is 27.7 Å². The Morgan fingerprint density at radius 3 is 2.52 bits per heavy atom. The highest BCUT2D eigenvalue weighted by Gasteiger charge is 2.12. The Bertz CT molecular complexity index is 997. The van der Waals surface area contributed by atoms with E-state index in [9.17, 15) is 4.79 Å². The Balaban J connectivity index is 1.74. The van der Waals surface area contributed by atoms with Crippen molar-refractivity contribution in [3.05, 3.63) is 81.6 Å². The fraction of sp³-hybridized carbons (Fsp3) is 0.100. The van der Waals surface area contributed by atoms with Crippen LogP contribution in [0, 0.1) is 13.8 Å². The van der Waals surface area contributed by atoms with Crippen LogP contribution in [-0.4, -0.2) is 16.8 Å². The quantitative estimate of drug-likeness (QED) is 0.437. The highest BCUT2D eigenvalue weighted by Crippen LogP contribution is 2.28. The average Bonchev–Trinajstić information content (AvgIpc) is 2.90. The first-order chi connectivity index (χ1) is 13.0. The lowest BCUT2D eigenvalue weighted by Gasteiger charge is -2.11. The van der Waals surface area contributed by atoms with Crippen molar-refractivity contribution in [2.45, 2.75) is 13.8 Å². The fourth-order valence-electron chi connectivity index (χ4n) is 2.79. The highest BCUT2D eigenvalue weighted by molar-refractivity contribution is 6.35. The maximum atomic E-state index is 11.9. The van der Waals surface area contributed by atoms with Crippen LogP contribution in [0.1, 0.15) is 17.0 Å². The molecule has 0 fully saturated rings. The van der Waals surface area contributed by atoms with Crippen LogP contribution in [0.15, 0.2) is 59.7 Å². The van der Waals surface area contributed by atoms with E-state index in [0.29, 0.717) is 15.7 Å². The van der Waals surface area contributed by atoms with Crippen molar-refractivity contribution in [3.8, 4) is 5.69 Å². The summed E-state index contributed by atoms with van der Waals surface area (Å²) in [6.45, 7) is 3.94. The minimum absolute atomic E-state index is 0.410. The van der Waals surface area contributed by atoms with Crippen LogP contribution < -0.4 is 10.7 Å². The Labute approximate surface area is 167 Å². The van der Waals surface area contributed by atoms with E-state index in [1.165, 1.54) is 0 Å². The van der Waals surface area contributed by atoms with Crippen LogP contribution in [-0.2, 0) is 0 Å². The van der Waals surface area contributed by atoms with Crippen molar-refractivity contribution >= 4 is 41.1 Å². The molecule has 0 aliphatic heterocycles. The molecular formula is C20H18Cl2N4O. The van der Waals surface area contributed by atoms with E-state index in [0.717, 1.165) is 22.6 Å². The molecule has 3 rings (SSSR count). The number of nitrogens with one attached hydrogen (secondary N) is 2. The van der Waals surface area contributed by atoms with E-state index in [2.05, 4.69) is 15.8 Å². The van der Waals surface area contributed by atoms with E-state index < -0.39 is 6.03 Å². The van der Waals surface area contributed by atoms with Gasteiger partial charge in [-0.05, 0) is 50.2 Å². The summed E-state index contributed by atoms with van der Waals surface area (Å²) in [6.07, 6.45) is 1.60. The van der Waals surface area contributed by atoms with Gasteiger partial charge in [-0.15, -0.1) is 0 Å². The summed E-state index contributed by atoms with van der Waals surface area (Å²) in [5, 5.41) is 7.88. The maximum absolute atomic E-state index is 11.9. The number of benzene rings is 2. The number of hydrogen-bond donors (Lipinski definition) is 2. The van der Waals surface area contributed by atoms with E-state index in [4.69, 9.17) is 23.2 Å². The standard InChI is InChI=1S/C20H18Cl2N4O/c1-13-10-15(12-23-25-20(27)24-17-6-4-3-5-7-17)14(2)26(13)19-9-8-16(21)11-18(19)22/h3-12H,1-2H3,(H2,24,25,27)/b23-12-. The number of carbonyl (C=O) groups excluding carboxylic acids is 1. The molecule has 0 aliphatic carbocycles. The van der Waals surface area contributed by atoms with E-state index >= 15 is 0 Å². The molecule has 5 nitrogen and oxygen atoms in total. The lowest BCUT2D eigenvalue weighted by Crippen LogP contribution is -2.24. The molecule has 0 radical (unpaired) electrons. The van der Waals surface area contributed by atoms with Gasteiger partial charge in [0.25, 0.3) is 0 Å². The predicted octanol–water partition coefficient (Wildman–Crippen LogP) is 5.56. The summed E-state index contributed by atoms with van der Waals surface area (Å²) >= 11 is 12.3. The lowest BCUT2D eigenvalue weighted by molar-refractivity contribution is 0.252. The van der Waals surface area contributed by atoms with Crippen molar-refractivity contribution in [2.75, 3.05) is 5.32 Å². The lowest BCUT2D eigenvalue weighted by atomic mass is 10.2. The molecule has 0 aliphatic rings. The third kappa shape index (κ3) is 4.51. The smallest absolute Gasteiger partial charge is 0.316 e. The number of anilines is 1. The molecule has 7 heteroatoms. The van der Waals surface area contributed by atoms with E-state index in [-0.39, 0.29) is 0 Å². The topological polar surface area (TPSA) is 58.4 Å². The monoisotopic (exact) mass is 400 g/mol. The van der Waals surface area contributed by atoms with Gasteiger partial charge in [-0.2, -0.15) is 5.10 Å². The molecule has 0 saturated carbocycles. The first kappa shape index (κ1) is 19.0. The number of halogens is 2. The Morgan fingerprint density at radius 1 is 1.07 bits per heavy atom. The minimum Gasteiger partial charge on any atom is -0.316 e. The van der Waals surface area contributed by atoms with Crippen LogP contribution >= 0.6 is 23.2 Å².